The van der Waals surface area contributed by atoms with E-state index < -0.39 is 0 Å². The number of rotatable bonds is 6. The molecule has 0 amide bonds. The molecule has 0 bridgehead atoms. The Bertz CT molecular complexity index is 509. The molecule has 114 valence electrons. The van der Waals surface area contributed by atoms with Gasteiger partial charge in [0.2, 0.25) is 0 Å². The van der Waals surface area contributed by atoms with E-state index in [1.165, 1.54) is 22.9 Å². The molecule has 0 atom stereocenters. The Balaban J connectivity index is 0.00000180. The van der Waals surface area contributed by atoms with Crippen LogP contribution >= 0.6 is 24.8 Å². The molecule has 1 aromatic heterocycles. The number of benzene rings is 1. The fourth-order valence-electron chi connectivity index (χ4n) is 2.31. The Morgan fingerprint density at radius 2 is 1.85 bits per heavy atom. The van der Waals surface area contributed by atoms with Crippen LogP contribution in [0.15, 0.2) is 30.5 Å². The van der Waals surface area contributed by atoms with Gasteiger partial charge >= 0.3 is 0 Å². The maximum absolute atomic E-state index is 3.52. The van der Waals surface area contributed by atoms with E-state index in [1.54, 1.807) is 0 Å². The zero-order chi connectivity index (χ0) is 13.0. The highest BCUT2D eigenvalue weighted by Gasteiger charge is 2.04. The monoisotopic (exact) mass is 317 g/mol. The van der Waals surface area contributed by atoms with Crippen LogP contribution in [0, 0.1) is 0 Å². The van der Waals surface area contributed by atoms with Crippen LogP contribution in [0.3, 0.4) is 0 Å². The molecule has 0 aliphatic heterocycles. The van der Waals surface area contributed by atoms with Crippen LogP contribution in [-0.4, -0.2) is 36.7 Å². The average molecular weight is 318 g/mol. The smallest absolute Gasteiger partial charge is 0.0481 e. The molecule has 5 heteroatoms. The highest BCUT2D eigenvalue weighted by molar-refractivity contribution is 5.85. The molecule has 20 heavy (non-hydrogen) atoms. The standard InChI is InChI=1S/C15H23N3.2ClH/c1-17(2)10-6-9-16-11-13-12-18(3)15-8-5-4-7-14(13)15;;/h4-5,7-8,12,16H,6,9-11H2,1-3H3;2*1H. The van der Waals surface area contributed by atoms with E-state index in [1.807, 2.05) is 0 Å². The van der Waals surface area contributed by atoms with Gasteiger partial charge in [-0.1, -0.05) is 18.2 Å². The zero-order valence-corrected chi connectivity index (χ0v) is 14.1. The number of nitrogens with one attached hydrogen (secondary N) is 1. The van der Waals surface area contributed by atoms with Crippen LogP contribution in [0.2, 0.25) is 0 Å². The van der Waals surface area contributed by atoms with Crippen LogP contribution in [0.1, 0.15) is 12.0 Å². The molecular formula is C15H25Cl2N3. The summed E-state index contributed by atoms with van der Waals surface area (Å²) in [5.41, 5.74) is 2.69. The Kier molecular flexibility index (Phi) is 8.90. The number of aryl methyl sites for hydroxylation is 1. The van der Waals surface area contributed by atoms with Crippen LogP contribution in [0.25, 0.3) is 10.9 Å². The first-order chi connectivity index (χ1) is 8.68. The van der Waals surface area contributed by atoms with Gasteiger partial charge in [0.05, 0.1) is 0 Å². The number of hydrogen-bond acceptors (Lipinski definition) is 2. The molecule has 0 saturated heterocycles. The first-order valence-corrected chi connectivity index (χ1v) is 6.57. The number of fused-ring (bicyclic) bond motifs is 1. The third kappa shape index (κ3) is 4.98. The van der Waals surface area contributed by atoms with Crippen LogP contribution < -0.4 is 5.32 Å². The molecule has 0 aliphatic rings. The first-order valence-electron chi connectivity index (χ1n) is 6.57. The lowest BCUT2D eigenvalue weighted by Gasteiger charge is -2.09. The van der Waals surface area contributed by atoms with E-state index in [-0.39, 0.29) is 24.8 Å². The van der Waals surface area contributed by atoms with Crippen molar-refractivity contribution in [1.29, 1.82) is 0 Å². The second-order valence-corrected chi connectivity index (χ2v) is 5.12. The van der Waals surface area contributed by atoms with Crippen LogP contribution in [0.5, 0.6) is 0 Å². The van der Waals surface area contributed by atoms with E-state index in [4.69, 9.17) is 0 Å². The largest absolute Gasteiger partial charge is 0.350 e. The van der Waals surface area contributed by atoms with Gasteiger partial charge in [-0.3, -0.25) is 0 Å². The summed E-state index contributed by atoms with van der Waals surface area (Å²) in [7, 11) is 6.34. The molecule has 0 radical (unpaired) electrons. The SMILES string of the molecule is CN(C)CCCNCc1cn(C)c2ccccc12.Cl.Cl. The minimum Gasteiger partial charge on any atom is -0.350 e. The summed E-state index contributed by atoms with van der Waals surface area (Å²) in [6, 6.07) is 8.57. The summed E-state index contributed by atoms with van der Waals surface area (Å²) in [6.45, 7) is 3.17. The van der Waals surface area contributed by atoms with Crippen molar-refractivity contribution in [2.75, 3.05) is 27.2 Å². The lowest BCUT2D eigenvalue weighted by atomic mass is 10.2. The van der Waals surface area contributed by atoms with Gasteiger partial charge < -0.3 is 14.8 Å². The minimum absolute atomic E-state index is 0. The molecule has 2 rings (SSSR count). The van der Waals surface area contributed by atoms with E-state index in [0.717, 1.165) is 19.6 Å². The van der Waals surface area contributed by atoms with Crippen molar-refractivity contribution in [3.8, 4) is 0 Å². The summed E-state index contributed by atoms with van der Waals surface area (Å²) in [4.78, 5) is 2.22. The number of halogens is 2. The molecule has 2 aromatic rings. The fourth-order valence-corrected chi connectivity index (χ4v) is 2.31. The van der Waals surface area contributed by atoms with E-state index in [2.05, 4.69) is 66.4 Å². The summed E-state index contributed by atoms with van der Waals surface area (Å²) in [5, 5.41) is 4.88. The van der Waals surface area contributed by atoms with Crippen molar-refractivity contribution in [2.45, 2.75) is 13.0 Å². The molecule has 1 aromatic carbocycles. The third-order valence-corrected chi connectivity index (χ3v) is 3.25. The molecule has 0 aliphatic carbocycles. The second kappa shape index (κ2) is 9.24. The van der Waals surface area contributed by atoms with Gasteiger partial charge in [-0.05, 0) is 45.2 Å². The normalized spacial score (nSPS) is 10.4. The predicted octanol–water partition coefficient (Wildman–Crippen LogP) is 3.06. The van der Waals surface area contributed by atoms with Gasteiger partial charge in [0.15, 0.2) is 0 Å². The molecule has 0 saturated carbocycles. The van der Waals surface area contributed by atoms with Gasteiger partial charge in [-0.15, -0.1) is 24.8 Å². The van der Waals surface area contributed by atoms with Gasteiger partial charge in [0.25, 0.3) is 0 Å². The number of para-hydroxylation sites is 1. The Labute approximate surface area is 134 Å². The molecule has 1 N–H and O–H groups in total. The lowest BCUT2D eigenvalue weighted by molar-refractivity contribution is 0.394. The Morgan fingerprint density at radius 3 is 2.55 bits per heavy atom. The quantitative estimate of drug-likeness (QED) is 0.826. The topological polar surface area (TPSA) is 20.2 Å². The molecular weight excluding hydrogens is 293 g/mol. The van der Waals surface area contributed by atoms with Crippen molar-refractivity contribution in [1.82, 2.24) is 14.8 Å². The number of aromatic nitrogens is 1. The van der Waals surface area contributed by atoms with E-state index in [9.17, 15) is 0 Å². The summed E-state index contributed by atoms with van der Waals surface area (Å²) in [6.07, 6.45) is 3.42. The van der Waals surface area contributed by atoms with Gasteiger partial charge in [-0.2, -0.15) is 0 Å². The van der Waals surface area contributed by atoms with Crippen LogP contribution in [-0.2, 0) is 13.6 Å². The van der Waals surface area contributed by atoms with Crippen molar-refractivity contribution < 1.29 is 0 Å². The Morgan fingerprint density at radius 1 is 1.15 bits per heavy atom. The summed E-state index contributed by atoms with van der Waals surface area (Å²) >= 11 is 0. The fraction of sp³-hybridized carbons (Fsp3) is 0.467. The Hall–Kier alpha value is -0.740. The second-order valence-electron chi connectivity index (χ2n) is 5.12. The van der Waals surface area contributed by atoms with Crippen molar-refractivity contribution in [3.05, 3.63) is 36.0 Å². The maximum Gasteiger partial charge on any atom is 0.0481 e. The summed E-state index contributed by atoms with van der Waals surface area (Å²) < 4.78 is 2.20. The molecule has 1 heterocycles. The zero-order valence-electron chi connectivity index (χ0n) is 12.4. The molecule has 0 unspecified atom stereocenters. The molecule has 0 fully saturated rings. The van der Waals surface area contributed by atoms with Crippen LogP contribution in [0.4, 0.5) is 0 Å². The lowest BCUT2D eigenvalue weighted by Crippen LogP contribution is -2.20. The van der Waals surface area contributed by atoms with Gasteiger partial charge in [-0.25, -0.2) is 0 Å². The molecule has 3 nitrogen and oxygen atoms in total. The highest BCUT2D eigenvalue weighted by Crippen LogP contribution is 2.19. The van der Waals surface area contributed by atoms with Gasteiger partial charge in [0.1, 0.15) is 0 Å². The third-order valence-electron chi connectivity index (χ3n) is 3.25. The maximum atomic E-state index is 3.52. The summed E-state index contributed by atoms with van der Waals surface area (Å²) in [5.74, 6) is 0. The van der Waals surface area contributed by atoms with Crippen molar-refractivity contribution >= 4 is 35.7 Å². The number of nitrogens with zero attached hydrogens (tertiary/aromatic N) is 2. The highest BCUT2D eigenvalue weighted by atomic mass is 35.5. The minimum atomic E-state index is 0. The van der Waals surface area contributed by atoms with Gasteiger partial charge in [0, 0.05) is 30.7 Å². The van der Waals surface area contributed by atoms with Crippen molar-refractivity contribution in [3.63, 3.8) is 0 Å². The number of hydrogen-bond donors (Lipinski definition) is 1. The van der Waals surface area contributed by atoms with Crippen molar-refractivity contribution in [2.24, 2.45) is 7.05 Å². The predicted molar refractivity (Wildman–Crippen MR) is 92.3 cm³/mol. The van der Waals surface area contributed by atoms with E-state index in [0.29, 0.717) is 0 Å². The van der Waals surface area contributed by atoms with E-state index >= 15 is 0 Å². The average Bonchev–Trinajstić information content (AvgIpc) is 2.66. The first kappa shape index (κ1) is 19.3. The molecule has 0 spiro atoms.